The van der Waals surface area contributed by atoms with Gasteiger partial charge in [-0.1, -0.05) is 31.2 Å². The van der Waals surface area contributed by atoms with E-state index in [1.165, 1.54) is 5.56 Å². The van der Waals surface area contributed by atoms with Gasteiger partial charge in [0.1, 0.15) is 5.82 Å². The molecule has 0 radical (unpaired) electrons. The first-order chi connectivity index (χ1) is 9.31. The normalized spacial score (nSPS) is 22.8. The Morgan fingerprint density at radius 3 is 3.05 bits per heavy atom. The van der Waals surface area contributed by atoms with E-state index in [0.29, 0.717) is 0 Å². The van der Waals surface area contributed by atoms with Crippen LogP contribution in [0, 0.1) is 0 Å². The zero-order chi connectivity index (χ0) is 13.2. The van der Waals surface area contributed by atoms with Crippen molar-refractivity contribution < 1.29 is 5.11 Å². The molecule has 0 amide bonds. The van der Waals surface area contributed by atoms with Gasteiger partial charge in [-0.15, -0.1) is 0 Å². The fraction of sp³-hybridized carbons (Fsp3) is 0.438. The van der Waals surface area contributed by atoms with Gasteiger partial charge >= 0.3 is 0 Å². The van der Waals surface area contributed by atoms with Gasteiger partial charge in [-0.25, -0.2) is 4.98 Å². The van der Waals surface area contributed by atoms with Crippen LogP contribution in [-0.2, 0) is 12.8 Å². The molecule has 2 unspecified atom stereocenters. The van der Waals surface area contributed by atoms with Crippen LogP contribution >= 0.6 is 0 Å². The minimum Gasteiger partial charge on any atom is -0.386 e. The average Bonchev–Trinajstić information content (AvgIpc) is 2.85. The quantitative estimate of drug-likeness (QED) is 0.839. The van der Waals surface area contributed by atoms with Crippen molar-refractivity contribution in [2.24, 2.45) is 0 Å². The number of aromatic nitrogens is 2. The van der Waals surface area contributed by atoms with Gasteiger partial charge in [0.15, 0.2) is 0 Å². The van der Waals surface area contributed by atoms with E-state index in [4.69, 9.17) is 0 Å². The molecule has 0 spiro atoms. The summed E-state index contributed by atoms with van der Waals surface area (Å²) in [6.07, 6.45) is 7.47. The molecule has 1 heterocycles. The van der Waals surface area contributed by atoms with Crippen LogP contribution in [0.2, 0.25) is 0 Å². The third-order valence-electron chi connectivity index (χ3n) is 4.11. The first-order valence-electron chi connectivity index (χ1n) is 7.09. The molecule has 0 aliphatic heterocycles. The third-order valence-corrected chi connectivity index (χ3v) is 4.11. The number of nitrogens with zero attached hydrogens (tertiary/aromatic N) is 2. The van der Waals surface area contributed by atoms with Crippen LogP contribution < -0.4 is 0 Å². The van der Waals surface area contributed by atoms with Crippen molar-refractivity contribution in [2.75, 3.05) is 0 Å². The zero-order valence-corrected chi connectivity index (χ0v) is 11.3. The van der Waals surface area contributed by atoms with E-state index >= 15 is 0 Å². The highest BCUT2D eigenvalue weighted by Gasteiger charge is 2.27. The Hall–Kier alpha value is -1.61. The standard InChI is InChI=1S/C16H20N2O/c1-2-15-17-10-11-18(15)14-9-5-7-12-6-3-4-8-13(12)16(14)19/h3-4,6,8,10-11,14,16,19H,2,5,7,9H2,1H3. The number of aryl methyl sites for hydroxylation is 2. The van der Waals surface area contributed by atoms with Gasteiger partial charge in [0.2, 0.25) is 0 Å². The van der Waals surface area contributed by atoms with E-state index in [-0.39, 0.29) is 6.04 Å². The molecule has 1 aliphatic rings. The lowest BCUT2D eigenvalue weighted by atomic mass is 9.98. The number of aliphatic hydroxyl groups excluding tert-OH is 1. The lowest BCUT2D eigenvalue weighted by Gasteiger charge is -2.25. The maximum atomic E-state index is 10.7. The first-order valence-corrected chi connectivity index (χ1v) is 7.09. The summed E-state index contributed by atoms with van der Waals surface area (Å²) in [6.45, 7) is 2.11. The average molecular weight is 256 g/mol. The number of aliphatic hydroxyl groups is 1. The molecule has 0 fully saturated rings. The Morgan fingerprint density at radius 2 is 2.21 bits per heavy atom. The van der Waals surface area contributed by atoms with Gasteiger partial charge in [-0.2, -0.15) is 0 Å². The maximum absolute atomic E-state index is 10.7. The monoisotopic (exact) mass is 256 g/mol. The van der Waals surface area contributed by atoms with Gasteiger partial charge in [0.05, 0.1) is 12.1 Å². The Kier molecular flexibility index (Phi) is 3.38. The van der Waals surface area contributed by atoms with Crippen LogP contribution in [0.1, 0.15) is 48.9 Å². The summed E-state index contributed by atoms with van der Waals surface area (Å²) in [6, 6.07) is 8.37. The molecular weight excluding hydrogens is 236 g/mol. The van der Waals surface area contributed by atoms with E-state index in [9.17, 15) is 5.11 Å². The van der Waals surface area contributed by atoms with Crippen LogP contribution in [-0.4, -0.2) is 14.7 Å². The molecule has 100 valence electrons. The van der Waals surface area contributed by atoms with Crippen molar-refractivity contribution >= 4 is 0 Å². The van der Waals surface area contributed by atoms with Crippen LogP contribution in [0.4, 0.5) is 0 Å². The predicted molar refractivity (Wildman–Crippen MR) is 75.0 cm³/mol. The van der Waals surface area contributed by atoms with E-state index < -0.39 is 6.10 Å². The molecule has 3 nitrogen and oxygen atoms in total. The van der Waals surface area contributed by atoms with Crippen molar-refractivity contribution in [2.45, 2.75) is 44.8 Å². The van der Waals surface area contributed by atoms with Crippen molar-refractivity contribution in [1.82, 2.24) is 9.55 Å². The zero-order valence-electron chi connectivity index (χ0n) is 11.3. The van der Waals surface area contributed by atoms with Gasteiger partial charge in [0.25, 0.3) is 0 Å². The summed E-state index contributed by atoms with van der Waals surface area (Å²) in [7, 11) is 0. The summed E-state index contributed by atoms with van der Waals surface area (Å²) in [5.41, 5.74) is 2.37. The van der Waals surface area contributed by atoms with Gasteiger partial charge < -0.3 is 9.67 Å². The van der Waals surface area contributed by atoms with E-state index in [1.807, 2.05) is 18.5 Å². The Labute approximate surface area is 113 Å². The van der Waals surface area contributed by atoms with Crippen molar-refractivity contribution in [3.05, 3.63) is 53.6 Å². The summed E-state index contributed by atoms with van der Waals surface area (Å²) in [4.78, 5) is 4.38. The lowest BCUT2D eigenvalue weighted by molar-refractivity contribution is 0.108. The SMILES string of the molecule is CCc1nccn1C1CCCc2ccccc2C1O. The fourth-order valence-corrected chi connectivity index (χ4v) is 3.13. The van der Waals surface area contributed by atoms with Gasteiger partial charge in [-0.3, -0.25) is 0 Å². The summed E-state index contributed by atoms with van der Waals surface area (Å²) in [5, 5.41) is 10.7. The summed E-state index contributed by atoms with van der Waals surface area (Å²) in [5.74, 6) is 1.06. The second-order valence-corrected chi connectivity index (χ2v) is 5.21. The van der Waals surface area contributed by atoms with Crippen LogP contribution in [0.25, 0.3) is 0 Å². The Balaban J connectivity index is 2.00. The van der Waals surface area contributed by atoms with Crippen LogP contribution in [0.5, 0.6) is 0 Å². The Bertz CT molecular complexity index is 561. The summed E-state index contributed by atoms with van der Waals surface area (Å²) >= 11 is 0. The fourth-order valence-electron chi connectivity index (χ4n) is 3.13. The van der Waals surface area contributed by atoms with Gasteiger partial charge in [-0.05, 0) is 30.4 Å². The molecule has 3 rings (SSSR count). The van der Waals surface area contributed by atoms with Crippen LogP contribution in [0.15, 0.2) is 36.7 Å². The topological polar surface area (TPSA) is 38.0 Å². The van der Waals surface area contributed by atoms with Crippen molar-refractivity contribution in [3.63, 3.8) is 0 Å². The molecule has 1 aromatic carbocycles. The number of rotatable bonds is 2. The van der Waals surface area contributed by atoms with E-state index in [2.05, 4.69) is 34.7 Å². The third kappa shape index (κ3) is 2.19. The molecule has 1 N–H and O–H groups in total. The first kappa shape index (κ1) is 12.4. The number of benzene rings is 1. The molecule has 0 bridgehead atoms. The highest BCUT2D eigenvalue weighted by Crippen LogP contribution is 2.36. The van der Waals surface area contributed by atoms with Crippen molar-refractivity contribution in [3.8, 4) is 0 Å². The number of hydrogen-bond acceptors (Lipinski definition) is 2. The number of hydrogen-bond donors (Lipinski definition) is 1. The second kappa shape index (κ2) is 5.17. The second-order valence-electron chi connectivity index (χ2n) is 5.21. The highest BCUT2D eigenvalue weighted by atomic mass is 16.3. The molecule has 2 atom stereocenters. The van der Waals surface area contributed by atoms with E-state index in [1.54, 1.807) is 0 Å². The van der Waals surface area contributed by atoms with Crippen LogP contribution in [0.3, 0.4) is 0 Å². The van der Waals surface area contributed by atoms with Gasteiger partial charge in [0, 0.05) is 18.8 Å². The predicted octanol–water partition coefficient (Wildman–Crippen LogP) is 3.06. The molecule has 0 saturated heterocycles. The number of fused-ring (bicyclic) bond motifs is 1. The number of imidazole rings is 1. The molecule has 19 heavy (non-hydrogen) atoms. The molecule has 1 aliphatic carbocycles. The maximum Gasteiger partial charge on any atom is 0.108 e. The minimum absolute atomic E-state index is 0.112. The summed E-state index contributed by atoms with van der Waals surface area (Å²) < 4.78 is 2.16. The molecule has 0 saturated carbocycles. The molecule has 1 aromatic heterocycles. The molecule has 3 heteroatoms. The lowest BCUT2D eigenvalue weighted by Crippen LogP contribution is -2.18. The van der Waals surface area contributed by atoms with Crippen molar-refractivity contribution in [1.29, 1.82) is 0 Å². The largest absolute Gasteiger partial charge is 0.386 e. The molecular formula is C16H20N2O. The molecule has 2 aromatic rings. The smallest absolute Gasteiger partial charge is 0.108 e. The highest BCUT2D eigenvalue weighted by molar-refractivity contribution is 5.31. The Morgan fingerprint density at radius 1 is 1.37 bits per heavy atom. The van der Waals surface area contributed by atoms with E-state index in [0.717, 1.165) is 37.1 Å². The minimum atomic E-state index is -0.432.